The van der Waals surface area contributed by atoms with Crippen LogP contribution in [0.3, 0.4) is 0 Å². The van der Waals surface area contributed by atoms with Crippen molar-refractivity contribution >= 4 is 28.5 Å². The Bertz CT molecular complexity index is 403. The average Bonchev–Trinajstić information content (AvgIpc) is 2.26. The van der Waals surface area contributed by atoms with E-state index in [0.717, 1.165) is 22.3 Å². The van der Waals surface area contributed by atoms with Gasteiger partial charge >= 0.3 is 0 Å². The Hall–Kier alpha value is -1.29. The van der Waals surface area contributed by atoms with Crippen LogP contribution in [0, 0.1) is 0 Å². The third kappa shape index (κ3) is 1.53. The monoisotopic (exact) mass is 207 g/mol. The predicted octanol–water partition coefficient (Wildman–Crippen LogP) is 1.67. The van der Waals surface area contributed by atoms with E-state index in [-0.39, 0.29) is 17.4 Å². The Balaban J connectivity index is 2.51. The van der Waals surface area contributed by atoms with E-state index < -0.39 is 0 Å². The largest absolute Gasteiger partial charge is 0.314 e. The van der Waals surface area contributed by atoms with Gasteiger partial charge in [0.25, 0.3) is 0 Å². The number of hydrogen-bond acceptors (Lipinski definition) is 3. The average molecular weight is 207 g/mol. The maximum Gasteiger partial charge on any atom is 0.235 e. The summed E-state index contributed by atoms with van der Waals surface area (Å²) in [5.41, 5.74) is 0.813. The SMILES string of the molecule is CN1C(=O)CC(=O)Sc2ccccc21. The lowest BCUT2D eigenvalue weighted by molar-refractivity contribution is -0.122. The first-order valence-corrected chi connectivity index (χ1v) is 5.06. The number of rotatable bonds is 0. The highest BCUT2D eigenvalue weighted by Gasteiger charge is 2.23. The van der Waals surface area contributed by atoms with E-state index in [1.165, 1.54) is 4.90 Å². The number of amides is 1. The van der Waals surface area contributed by atoms with Crippen molar-refractivity contribution in [2.24, 2.45) is 0 Å². The molecule has 0 unspecified atom stereocenters. The number of carbonyl (C=O) groups is 2. The lowest BCUT2D eigenvalue weighted by Gasteiger charge is -2.15. The minimum absolute atomic E-state index is 0.0180. The lowest BCUT2D eigenvalue weighted by atomic mass is 10.3. The van der Waals surface area contributed by atoms with Gasteiger partial charge in [0.2, 0.25) is 11.0 Å². The molecule has 0 bridgehead atoms. The summed E-state index contributed by atoms with van der Waals surface area (Å²) in [5, 5.41) is -0.0909. The summed E-state index contributed by atoms with van der Waals surface area (Å²) in [6.45, 7) is 0. The molecule has 1 aromatic carbocycles. The number of anilines is 1. The lowest BCUT2D eigenvalue weighted by Crippen LogP contribution is -2.26. The molecule has 0 atom stereocenters. The van der Waals surface area contributed by atoms with E-state index in [0.29, 0.717) is 0 Å². The van der Waals surface area contributed by atoms with Crippen LogP contribution in [0.15, 0.2) is 29.2 Å². The minimum Gasteiger partial charge on any atom is -0.314 e. The van der Waals surface area contributed by atoms with Crippen molar-refractivity contribution in [2.45, 2.75) is 11.3 Å². The molecular formula is C10H9NO2S. The molecule has 72 valence electrons. The fraction of sp³-hybridized carbons (Fsp3) is 0.200. The number of hydrogen-bond donors (Lipinski definition) is 0. The van der Waals surface area contributed by atoms with Crippen LogP contribution < -0.4 is 4.90 Å². The van der Waals surface area contributed by atoms with E-state index in [1.807, 2.05) is 24.3 Å². The molecule has 0 radical (unpaired) electrons. The highest BCUT2D eigenvalue weighted by molar-refractivity contribution is 8.13. The third-order valence-corrected chi connectivity index (χ3v) is 3.06. The molecule has 4 heteroatoms. The molecule has 1 aromatic rings. The molecule has 14 heavy (non-hydrogen) atoms. The fourth-order valence-electron chi connectivity index (χ4n) is 1.36. The van der Waals surface area contributed by atoms with Crippen LogP contribution in [-0.4, -0.2) is 18.1 Å². The molecular weight excluding hydrogens is 198 g/mol. The van der Waals surface area contributed by atoms with Gasteiger partial charge < -0.3 is 4.90 Å². The molecule has 0 aliphatic carbocycles. The van der Waals surface area contributed by atoms with Crippen LogP contribution in [-0.2, 0) is 9.59 Å². The van der Waals surface area contributed by atoms with Gasteiger partial charge in [-0.1, -0.05) is 12.1 Å². The van der Waals surface area contributed by atoms with Crippen molar-refractivity contribution in [3.63, 3.8) is 0 Å². The standard InChI is InChI=1S/C10H9NO2S/c1-11-7-4-2-3-5-8(7)14-10(13)6-9(11)12/h2-5H,6H2,1H3. The van der Waals surface area contributed by atoms with E-state index in [4.69, 9.17) is 0 Å². The Labute approximate surface area is 86.1 Å². The van der Waals surface area contributed by atoms with Gasteiger partial charge in [0, 0.05) is 11.9 Å². The van der Waals surface area contributed by atoms with Crippen LogP contribution >= 0.6 is 11.8 Å². The quantitative estimate of drug-likeness (QED) is 0.607. The second-order valence-corrected chi connectivity index (χ2v) is 4.17. The van der Waals surface area contributed by atoms with Crippen LogP contribution in [0.25, 0.3) is 0 Å². The zero-order valence-electron chi connectivity index (χ0n) is 7.69. The van der Waals surface area contributed by atoms with E-state index in [9.17, 15) is 9.59 Å². The van der Waals surface area contributed by atoms with Gasteiger partial charge in [0.15, 0.2) is 0 Å². The van der Waals surface area contributed by atoms with Crippen molar-refractivity contribution in [1.29, 1.82) is 0 Å². The van der Waals surface area contributed by atoms with Crippen molar-refractivity contribution in [3.8, 4) is 0 Å². The van der Waals surface area contributed by atoms with Crippen molar-refractivity contribution < 1.29 is 9.59 Å². The molecule has 1 heterocycles. The zero-order chi connectivity index (χ0) is 10.1. The van der Waals surface area contributed by atoms with E-state index in [1.54, 1.807) is 7.05 Å². The second-order valence-electron chi connectivity index (χ2n) is 3.07. The van der Waals surface area contributed by atoms with Crippen LogP contribution in [0.1, 0.15) is 6.42 Å². The van der Waals surface area contributed by atoms with Crippen LogP contribution in [0.2, 0.25) is 0 Å². The van der Waals surface area contributed by atoms with Gasteiger partial charge in [-0.25, -0.2) is 0 Å². The molecule has 0 saturated heterocycles. The molecule has 0 N–H and O–H groups in total. The van der Waals surface area contributed by atoms with Gasteiger partial charge in [-0.2, -0.15) is 0 Å². The fourth-order valence-corrected chi connectivity index (χ4v) is 2.25. The molecule has 1 amide bonds. The number of benzene rings is 1. The molecule has 0 saturated carbocycles. The number of thioether (sulfide) groups is 1. The number of carbonyl (C=O) groups excluding carboxylic acids is 2. The number of para-hydroxylation sites is 1. The first-order valence-electron chi connectivity index (χ1n) is 4.25. The molecule has 2 rings (SSSR count). The summed E-state index contributed by atoms with van der Waals surface area (Å²) in [5.74, 6) is -0.146. The second kappa shape index (κ2) is 3.46. The summed E-state index contributed by atoms with van der Waals surface area (Å²) >= 11 is 1.14. The smallest absolute Gasteiger partial charge is 0.235 e. The summed E-state index contributed by atoms with van der Waals surface area (Å²) in [6.07, 6.45) is -0.0180. The normalized spacial score (nSPS) is 16.5. The van der Waals surface area contributed by atoms with E-state index >= 15 is 0 Å². The predicted molar refractivity (Wildman–Crippen MR) is 55.3 cm³/mol. The van der Waals surface area contributed by atoms with Crippen molar-refractivity contribution in [1.82, 2.24) is 0 Å². The number of nitrogens with zero attached hydrogens (tertiary/aromatic N) is 1. The first kappa shape index (κ1) is 9.27. The molecule has 0 spiro atoms. The molecule has 0 aromatic heterocycles. The Morgan fingerprint density at radius 1 is 1.29 bits per heavy atom. The molecule has 1 aliphatic heterocycles. The van der Waals surface area contributed by atoms with Crippen LogP contribution in [0.4, 0.5) is 5.69 Å². The van der Waals surface area contributed by atoms with Gasteiger partial charge in [-0.3, -0.25) is 9.59 Å². The van der Waals surface area contributed by atoms with Gasteiger partial charge in [0.1, 0.15) is 0 Å². The summed E-state index contributed by atoms with van der Waals surface area (Å²) in [4.78, 5) is 25.2. The third-order valence-electron chi connectivity index (χ3n) is 2.12. The zero-order valence-corrected chi connectivity index (χ0v) is 8.50. The maximum atomic E-state index is 11.5. The van der Waals surface area contributed by atoms with Crippen molar-refractivity contribution in [3.05, 3.63) is 24.3 Å². The topological polar surface area (TPSA) is 37.4 Å². The molecule has 0 fully saturated rings. The molecule has 3 nitrogen and oxygen atoms in total. The Kier molecular flexibility index (Phi) is 2.29. The molecule has 1 aliphatic rings. The van der Waals surface area contributed by atoms with Crippen LogP contribution in [0.5, 0.6) is 0 Å². The Morgan fingerprint density at radius 2 is 2.00 bits per heavy atom. The minimum atomic E-state index is -0.146. The summed E-state index contributed by atoms with van der Waals surface area (Å²) in [6, 6.07) is 7.42. The first-order chi connectivity index (χ1) is 6.68. The van der Waals surface area contributed by atoms with Gasteiger partial charge in [0.05, 0.1) is 12.1 Å². The highest BCUT2D eigenvalue weighted by Crippen LogP contribution is 2.33. The van der Waals surface area contributed by atoms with E-state index in [2.05, 4.69) is 0 Å². The maximum absolute atomic E-state index is 11.5. The van der Waals surface area contributed by atoms with Gasteiger partial charge in [-0.15, -0.1) is 0 Å². The summed E-state index contributed by atoms with van der Waals surface area (Å²) < 4.78 is 0. The number of fused-ring (bicyclic) bond motifs is 1. The van der Waals surface area contributed by atoms with Crippen molar-refractivity contribution in [2.75, 3.05) is 11.9 Å². The Morgan fingerprint density at radius 3 is 2.79 bits per heavy atom. The van der Waals surface area contributed by atoms with Gasteiger partial charge in [-0.05, 0) is 23.9 Å². The highest BCUT2D eigenvalue weighted by atomic mass is 32.2. The summed E-state index contributed by atoms with van der Waals surface area (Å²) in [7, 11) is 1.69.